The number of anilines is 2. The lowest BCUT2D eigenvalue weighted by Crippen LogP contribution is -2.15. The van der Waals surface area contributed by atoms with Gasteiger partial charge < -0.3 is 5.32 Å². The Labute approximate surface area is 175 Å². The maximum atomic E-state index is 12.7. The molecule has 0 bridgehead atoms. The quantitative estimate of drug-likeness (QED) is 0.582. The van der Waals surface area contributed by atoms with E-state index in [9.17, 15) is 13.2 Å². The Bertz CT molecular complexity index is 1190. The van der Waals surface area contributed by atoms with Crippen molar-refractivity contribution in [3.63, 3.8) is 0 Å². The summed E-state index contributed by atoms with van der Waals surface area (Å²) in [7, 11) is -3.43. The van der Waals surface area contributed by atoms with Crippen LogP contribution in [0.25, 0.3) is 11.1 Å². The Hall–Kier alpha value is -2.83. The van der Waals surface area contributed by atoms with Crippen LogP contribution in [0.1, 0.15) is 21.5 Å². The highest BCUT2D eigenvalue weighted by molar-refractivity contribution is 7.92. The van der Waals surface area contributed by atoms with Gasteiger partial charge >= 0.3 is 0 Å². The monoisotopic (exact) mass is 428 g/mol. The SMILES string of the molecule is Cc1cc(-c2cccc(Cl)c2)ccc1NC(=O)c1ccc(C)c(NS(C)(=O)=O)c1. The van der Waals surface area contributed by atoms with Gasteiger partial charge in [-0.15, -0.1) is 0 Å². The molecule has 0 unspecified atom stereocenters. The van der Waals surface area contributed by atoms with E-state index in [-0.39, 0.29) is 5.91 Å². The molecule has 1 amide bonds. The van der Waals surface area contributed by atoms with Gasteiger partial charge in [0.25, 0.3) is 5.91 Å². The maximum absolute atomic E-state index is 12.7. The normalized spacial score (nSPS) is 11.2. The van der Waals surface area contributed by atoms with Crippen LogP contribution in [0.4, 0.5) is 11.4 Å². The largest absolute Gasteiger partial charge is 0.322 e. The molecule has 0 aromatic heterocycles. The fourth-order valence-corrected chi connectivity index (χ4v) is 3.73. The third-order valence-corrected chi connectivity index (χ3v) is 5.25. The predicted octanol–water partition coefficient (Wildman–Crippen LogP) is 5.25. The first-order valence-corrected chi connectivity index (χ1v) is 11.2. The van der Waals surface area contributed by atoms with Gasteiger partial charge in [0.2, 0.25) is 10.0 Å². The molecular weight excluding hydrogens is 408 g/mol. The predicted molar refractivity (Wildman–Crippen MR) is 119 cm³/mol. The number of carbonyl (C=O) groups is 1. The zero-order valence-electron chi connectivity index (χ0n) is 16.3. The van der Waals surface area contributed by atoms with Crippen molar-refractivity contribution < 1.29 is 13.2 Å². The van der Waals surface area contributed by atoms with Crippen molar-refractivity contribution in [3.05, 3.63) is 82.4 Å². The van der Waals surface area contributed by atoms with E-state index in [0.29, 0.717) is 22.0 Å². The molecule has 0 aliphatic heterocycles. The Kier molecular flexibility index (Phi) is 5.96. The Morgan fingerprint density at radius 2 is 1.59 bits per heavy atom. The summed E-state index contributed by atoms with van der Waals surface area (Å²) in [4.78, 5) is 12.7. The second-order valence-corrected chi connectivity index (χ2v) is 9.08. The van der Waals surface area contributed by atoms with Crippen molar-refractivity contribution in [2.75, 3.05) is 16.3 Å². The zero-order chi connectivity index (χ0) is 21.2. The van der Waals surface area contributed by atoms with Crippen LogP contribution in [0.2, 0.25) is 5.02 Å². The third-order valence-electron chi connectivity index (χ3n) is 4.43. The van der Waals surface area contributed by atoms with Gasteiger partial charge in [-0.1, -0.05) is 35.9 Å². The number of benzene rings is 3. The number of carbonyl (C=O) groups excluding carboxylic acids is 1. The number of aryl methyl sites for hydroxylation is 2. The van der Waals surface area contributed by atoms with Gasteiger partial charge in [-0.3, -0.25) is 9.52 Å². The van der Waals surface area contributed by atoms with Gasteiger partial charge in [0.1, 0.15) is 0 Å². The standard InChI is InChI=1S/C22H21ClN2O3S/c1-14-7-8-18(13-21(14)25-29(3,27)28)22(26)24-20-10-9-17(11-15(20)2)16-5-4-6-19(23)12-16/h4-13,25H,1-3H3,(H,24,26). The lowest BCUT2D eigenvalue weighted by molar-refractivity contribution is 0.102. The average molecular weight is 429 g/mol. The van der Waals surface area contributed by atoms with Crippen LogP contribution in [-0.4, -0.2) is 20.6 Å². The highest BCUT2D eigenvalue weighted by Gasteiger charge is 2.12. The molecule has 29 heavy (non-hydrogen) atoms. The van der Waals surface area contributed by atoms with Crippen molar-refractivity contribution in [2.45, 2.75) is 13.8 Å². The minimum Gasteiger partial charge on any atom is -0.322 e. The molecule has 0 aliphatic carbocycles. The highest BCUT2D eigenvalue weighted by atomic mass is 35.5. The summed E-state index contributed by atoms with van der Waals surface area (Å²) in [5, 5.41) is 3.55. The number of hydrogen-bond acceptors (Lipinski definition) is 3. The third kappa shape index (κ3) is 5.37. The first kappa shape index (κ1) is 20.9. The summed E-state index contributed by atoms with van der Waals surface area (Å²) in [6.07, 6.45) is 1.07. The fourth-order valence-electron chi connectivity index (χ4n) is 2.92. The topological polar surface area (TPSA) is 75.3 Å². The van der Waals surface area contributed by atoms with Crippen molar-refractivity contribution in [3.8, 4) is 11.1 Å². The second kappa shape index (κ2) is 8.27. The smallest absolute Gasteiger partial charge is 0.255 e. The molecular formula is C22H21ClN2O3S. The summed E-state index contributed by atoms with van der Waals surface area (Å²) in [6.45, 7) is 3.68. The van der Waals surface area contributed by atoms with E-state index in [0.717, 1.165) is 28.5 Å². The van der Waals surface area contributed by atoms with Crippen LogP contribution in [0, 0.1) is 13.8 Å². The van der Waals surface area contributed by atoms with E-state index in [2.05, 4.69) is 10.0 Å². The number of nitrogens with one attached hydrogen (secondary N) is 2. The summed E-state index contributed by atoms with van der Waals surface area (Å²) in [5.41, 5.74) is 5.05. The molecule has 150 valence electrons. The Balaban J connectivity index is 1.83. The average Bonchev–Trinajstić information content (AvgIpc) is 2.64. The van der Waals surface area contributed by atoms with Crippen molar-refractivity contribution >= 4 is 38.9 Å². The van der Waals surface area contributed by atoms with E-state index in [4.69, 9.17) is 11.6 Å². The van der Waals surface area contributed by atoms with Gasteiger partial charge in [-0.2, -0.15) is 0 Å². The molecule has 3 rings (SSSR count). The first-order chi connectivity index (χ1) is 13.6. The van der Waals surface area contributed by atoms with Crippen LogP contribution in [0.5, 0.6) is 0 Å². The number of sulfonamides is 1. The molecule has 3 aromatic carbocycles. The molecule has 7 heteroatoms. The van der Waals surface area contributed by atoms with Crippen molar-refractivity contribution in [1.29, 1.82) is 0 Å². The molecule has 5 nitrogen and oxygen atoms in total. The molecule has 0 radical (unpaired) electrons. The van der Waals surface area contributed by atoms with Gasteiger partial charge in [0.15, 0.2) is 0 Å². The minimum absolute atomic E-state index is 0.319. The van der Waals surface area contributed by atoms with Crippen molar-refractivity contribution in [2.24, 2.45) is 0 Å². The van der Waals surface area contributed by atoms with Gasteiger partial charge in [0.05, 0.1) is 11.9 Å². The van der Waals surface area contributed by atoms with Crippen LogP contribution in [0.3, 0.4) is 0 Å². The van der Waals surface area contributed by atoms with E-state index < -0.39 is 10.0 Å². The molecule has 0 heterocycles. The molecule has 0 spiro atoms. The molecule has 0 saturated heterocycles. The van der Waals surface area contributed by atoms with Gasteiger partial charge in [-0.25, -0.2) is 8.42 Å². The molecule has 0 saturated carbocycles. The summed E-state index contributed by atoms with van der Waals surface area (Å²) in [5.74, 6) is -0.319. The van der Waals surface area contributed by atoms with Crippen LogP contribution in [-0.2, 0) is 10.0 Å². The van der Waals surface area contributed by atoms with E-state index >= 15 is 0 Å². The first-order valence-electron chi connectivity index (χ1n) is 8.89. The van der Waals surface area contributed by atoms with E-state index in [1.54, 1.807) is 19.1 Å². The molecule has 3 aromatic rings. The van der Waals surface area contributed by atoms with E-state index in [1.807, 2.05) is 49.4 Å². The van der Waals surface area contributed by atoms with Crippen molar-refractivity contribution in [1.82, 2.24) is 0 Å². The van der Waals surface area contributed by atoms with Crippen LogP contribution < -0.4 is 10.0 Å². The van der Waals surface area contributed by atoms with Gasteiger partial charge in [-0.05, 0) is 72.5 Å². The number of rotatable bonds is 5. The molecule has 0 fully saturated rings. The Morgan fingerprint density at radius 3 is 2.24 bits per heavy atom. The molecule has 2 N–H and O–H groups in total. The van der Waals surface area contributed by atoms with Crippen LogP contribution >= 0.6 is 11.6 Å². The number of amides is 1. The number of hydrogen-bond donors (Lipinski definition) is 2. The fraction of sp³-hybridized carbons (Fsp3) is 0.136. The molecule has 0 aliphatic rings. The minimum atomic E-state index is -3.43. The van der Waals surface area contributed by atoms with Gasteiger partial charge in [0, 0.05) is 16.3 Å². The summed E-state index contributed by atoms with van der Waals surface area (Å²) in [6, 6.07) is 18.2. The zero-order valence-corrected chi connectivity index (χ0v) is 17.9. The van der Waals surface area contributed by atoms with Crippen LogP contribution in [0.15, 0.2) is 60.7 Å². The maximum Gasteiger partial charge on any atom is 0.255 e. The summed E-state index contributed by atoms with van der Waals surface area (Å²) >= 11 is 6.07. The lowest BCUT2D eigenvalue weighted by atomic mass is 10.0. The lowest BCUT2D eigenvalue weighted by Gasteiger charge is -2.13. The van der Waals surface area contributed by atoms with E-state index in [1.165, 1.54) is 6.07 Å². The molecule has 0 atom stereocenters. The summed E-state index contributed by atoms with van der Waals surface area (Å²) < 4.78 is 25.5. The highest BCUT2D eigenvalue weighted by Crippen LogP contribution is 2.27. The number of halogens is 1. The second-order valence-electron chi connectivity index (χ2n) is 6.90. The Morgan fingerprint density at radius 1 is 0.862 bits per heavy atom.